The Labute approximate surface area is 168 Å². The molecular weight excluding hydrogens is 371 g/mol. The molecule has 0 unspecified atom stereocenters. The Morgan fingerprint density at radius 2 is 1.71 bits per heavy atom. The summed E-state index contributed by atoms with van der Waals surface area (Å²) in [6.07, 6.45) is 0. The molecule has 0 bridgehead atoms. The van der Waals surface area contributed by atoms with Gasteiger partial charge in [-0.2, -0.15) is 0 Å². The van der Waals surface area contributed by atoms with Crippen molar-refractivity contribution in [3.8, 4) is 0 Å². The molecule has 0 N–H and O–H groups in total. The van der Waals surface area contributed by atoms with Crippen LogP contribution in [-0.4, -0.2) is 14.3 Å². The van der Waals surface area contributed by atoms with Crippen molar-refractivity contribution in [3.63, 3.8) is 0 Å². The minimum absolute atomic E-state index is 0.0558. The van der Waals surface area contributed by atoms with Gasteiger partial charge < -0.3 is 9.16 Å². The minimum Gasteiger partial charge on any atom is -0.457 e. The van der Waals surface area contributed by atoms with E-state index in [-0.39, 0.29) is 23.8 Å². The topological polar surface area (TPSA) is 35.5 Å². The fourth-order valence-corrected chi connectivity index (χ4v) is 3.20. The number of benzene rings is 2. The van der Waals surface area contributed by atoms with E-state index in [1.54, 1.807) is 12.1 Å². The van der Waals surface area contributed by atoms with Gasteiger partial charge in [-0.1, -0.05) is 69.8 Å². The van der Waals surface area contributed by atoms with Gasteiger partial charge in [0.2, 0.25) is 0 Å². The number of hydrogen-bond donors (Lipinski definition) is 0. The second-order valence-electron chi connectivity index (χ2n) is 8.40. The van der Waals surface area contributed by atoms with Crippen LogP contribution in [0.1, 0.15) is 37.5 Å². The highest BCUT2D eigenvalue weighted by atomic mass is 28.4. The van der Waals surface area contributed by atoms with E-state index in [9.17, 15) is 9.18 Å². The van der Waals surface area contributed by atoms with Crippen molar-refractivity contribution in [2.75, 3.05) is 0 Å². The summed E-state index contributed by atoms with van der Waals surface area (Å²) in [6.45, 7) is 14.8. The van der Waals surface area contributed by atoms with Gasteiger partial charge in [0, 0.05) is 5.56 Å². The lowest BCUT2D eigenvalue weighted by Gasteiger charge is -2.36. The largest absolute Gasteiger partial charge is 0.457 e. The van der Waals surface area contributed by atoms with Crippen LogP contribution in [0.4, 0.5) is 4.39 Å². The van der Waals surface area contributed by atoms with Gasteiger partial charge in [-0.05, 0) is 35.3 Å². The van der Waals surface area contributed by atoms with E-state index >= 15 is 0 Å². The Morgan fingerprint density at radius 3 is 2.29 bits per heavy atom. The molecule has 0 fully saturated rings. The molecule has 0 heterocycles. The van der Waals surface area contributed by atoms with E-state index in [4.69, 9.17) is 9.16 Å². The van der Waals surface area contributed by atoms with E-state index in [2.05, 4.69) is 40.4 Å². The molecule has 3 nitrogen and oxygen atoms in total. The predicted octanol–water partition coefficient (Wildman–Crippen LogP) is 6.10. The molecule has 2 aromatic rings. The Kier molecular flexibility index (Phi) is 6.96. The summed E-state index contributed by atoms with van der Waals surface area (Å²) < 4.78 is 25.9. The fourth-order valence-electron chi connectivity index (χ4n) is 2.25. The third-order valence-electron chi connectivity index (χ3n) is 5.26. The van der Waals surface area contributed by atoms with Crippen LogP contribution in [-0.2, 0) is 27.2 Å². The minimum atomic E-state index is -1.97. The van der Waals surface area contributed by atoms with Crippen LogP contribution in [0.25, 0.3) is 5.57 Å². The predicted molar refractivity (Wildman–Crippen MR) is 114 cm³/mol. The second-order valence-corrected chi connectivity index (χ2v) is 13.2. The molecule has 28 heavy (non-hydrogen) atoms. The van der Waals surface area contributed by atoms with Crippen molar-refractivity contribution in [3.05, 3.63) is 77.6 Å². The molecule has 0 saturated heterocycles. The number of halogens is 1. The standard InChI is InChI=1S/C23H29FO3Si/c1-17(22(25)26-15-18-10-8-7-9-11-18)19-12-13-20(21(24)14-19)16-27-28(5,6)23(2,3)4/h7-14H,1,15-16H2,2-6H3. The molecule has 0 radical (unpaired) electrons. The quantitative estimate of drug-likeness (QED) is 0.320. The lowest BCUT2D eigenvalue weighted by molar-refractivity contribution is -0.137. The first-order valence-corrected chi connectivity index (χ1v) is 12.2. The maximum Gasteiger partial charge on any atom is 0.338 e. The van der Waals surface area contributed by atoms with Crippen LogP contribution in [0.15, 0.2) is 55.1 Å². The van der Waals surface area contributed by atoms with E-state index in [0.717, 1.165) is 5.56 Å². The smallest absolute Gasteiger partial charge is 0.338 e. The lowest BCUT2D eigenvalue weighted by atomic mass is 10.1. The van der Waals surface area contributed by atoms with Crippen LogP contribution < -0.4 is 0 Å². The third kappa shape index (κ3) is 5.63. The highest BCUT2D eigenvalue weighted by Crippen LogP contribution is 2.37. The number of carbonyl (C=O) groups excluding carboxylic acids is 1. The monoisotopic (exact) mass is 400 g/mol. The highest BCUT2D eigenvalue weighted by molar-refractivity contribution is 6.74. The summed E-state index contributed by atoms with van der Waals surface area (Å²) in [5.74, 6) is -0.971. The fraction of sp³-hybridized carbons (Fsp3) is 0.348. The number of hydrogen-bond acceptors (Lipinski definition) is 3. The van der Waals surface area contributed by atoms with Crippen molar-refractivity contribution in [2.24, 2.45) is 0 Å². The molecule has 0 aliphatic heterocycles. The van der Waals surface area contributed by atoms with E-state index in [0.29, 0.717) is 11.1 Å². The summed E-state index contributed by atoms with van der Waals surface area (Å²) >= 11 is 0. The zero-order valence-electron chi connectivity index (χ0n) is 17.3. The average Bonchev–Trinajstić information content (AvgIpc) is 2.64. The van der Waals surface area contributed by atoms with Gasteiger partial charge in [0.15, 0.2) is 8.32 Å². The summed E-state index contributed by atoms with van der Waals surface area (Å²) in [5.41, 5.74) is 1.89. The van der Waals surface area contributed by atoms with Crippen molar-refractivity contribution in [2.45, 2.75) is 52.1 Å². The van der Waals surface area contributed by atoms with Gasteiger partial charge in [-0.25, -0.2) is 9.18 Å². The van der Waals surface area contributed by atoms with Crippen molar-refractivity contribution >= 4 is 19.9 Å². The summed E-state index contributed by atoms with van der Waals surface area (Å²) in [4.78, 5) is 12.2. The van der Waals surface area contributed by atoms with Crippen molar-refractivity contribution in [1.29, 1.82) is 0 Å². The van der Waals surface area contributed by atoms with Gasteiger partial charge in [-0.3, -0.25) is 0 Å². The molecule has 0 atom stereocenters. The number of ether oxygens (including phenoxy) is 1. The second kappa shape index (κ2) is 8.84. The summed E-state index contributed by atoms with van der Waals surface area (Å²) in [6, 6.07) is 14.0. The highest BCUT2D eigenvalue weighted by Gasteiger charge is 2.37. The van der Waals surface area contributed by atoms with Gasteiger partial charge in [0.1, 0.15) is 12.4 Å². The number of carbonyl (C=O) groups is 1. The molecule has 0 saturated carbocycles. The maximum atomic E-state index is 14.5. The van der Waals surface area contributed by atoms with Crippen molar-refractivity contribution < 1.29 is 18.3 Å². The molecule has 0 aliphatic carbocycles. The molecule has 0 aromatic heterocycles. The Hall–Kier alpha value is -2.24. The van der Waals surface area contributed by atoms with Gasteiger partial charge in [0.25, 0.3) is 0 Å². The van der Waals surface area contributed by atoms with Crippen LogP contribution >= 0.6 is 0 Å². The van der Waals surface area contributed by atoms with E-state index in [1.807, 2.05) is 30.3 Å². The molecular formula is C23H29FO3Si. The van der Waals surface area contributed by atoms with Crippen LogP contribution in [0.5, 0.6) is 0 Å². The van der Waals surface area contributed by atoms with Crippen LogP contribution in [0.3, 0.4) is 0 Å². The first kappa shape index (κ1) is 22.1. The van der Waals surface area contributed by atoms with E-state index < -0.39 is 20.1 Å². The molecule has 2 aromatic carbocycles. The summed E-state index contributed by atoms with van der Waals surface area (Å²) in [5, 5.41) is 0.0558. The normalized spacial score (nSPS) is 11.9. The van der Waals surface area contributed by atoms with Gasteiger partial charge >= 0.3 is 5.97 Å². The SMILES string of the molecule is C=C(C(=O)OCc1ccccc1)c1ccc(CO[Si](C)(C)C(C)(C)C)c(F)c1. The van der Waals surface area contributed by atoms with Crippen LogP contribution in [0.2, 0.25) is 18.1 Å². The molecule has 0 aliphatic rings. The van der Waals surface area contributed by atoms with Crippen LogP contribution in [0, 0.1) is 5.82 Å². The Bertz CT molecular complexity index is 839. The maximum absolute atomic E-state index is 14.5. The molecule has 150 valence electrons. The molecule has 2 rings (SSSR count). The van der Waals surface area contributed by atoms with Crippen molar-refractivity contribution in [1.82, 2.24) is 0 Å². The Morgan fingerprint density at radius 1 is 1.07 bits per heavy atom. The Balaban J connectivity index is 2.00. The lowest BCUT2D eigenvalue weighted by Crippen LogP contribution is -2.40. The first-order valence-electron chi connectivity index (χ1n) is 9.34. The average molecular weight is 401 g/mol. The van der Waals surface area contributed by atoms with E-state index in [1.165, 1.54) is 6.07 Å². The van der Waals surface area contributed by atoms with Gasteiger partial charge in [-0.15, -0.1) is 0 Å². The van der Waals surface area contributed by atoms with Gasteiger partial charge in [0.05, 0.1) is 12.2 Å². The number of esters is 1. The molecule has 0 amide bonds. The number of rotatable bonds is 7. The summed E-state index contributed by atoms with van der Waals surface area (Å²) in [7, 11) is -1.97. The molecule has 0 spiro atoms. The third-order valence-corrected chi connectivity index (χ3v) is 9.73. The zero-order chi connectivity index (χ0) is 20.9. The first-order chi connectivity index (χ1) is 13.0. The zero-order valence-corrected chi connectivity index (χ0v) is 18.3. The molecule has 5 heteroatoms.